The van der Waals surface area contributed by atoms with E-state index < -0.39 is 0 Å². The van der Waals surface area contributed by atoms with Crippen LogP contribution < -0.4 is 0 Å². The van der Waals surface area contributed by atoms with Crippen molar-refractivity contribution in [3.05, 3.63) is 142 Å². The minimum atomic E-state index is 0.0708. The molecule has 0 spiro atoms. The molecule has 0 saturated heterocycles. The maximum absolute atomic E-state index is 2.28. The van der Waals surface area contributed by atoms with Gasteiger partial charge in [-0.05, 0) is 49.9 Å². The van der Waals surface area contributed by atoms with Gasteiger partial charge in [0.25, 0.3) is 0 Å². The van der Waals surface area contributed by atoms with Crippen LogP contribution in [-0.4, -0.2) is 0 Å². The molecular weight excluding hydrogens is 480 g/mol. The quantitative estimate of drug-likeness (QED) is 0.243. The van der Waals surface area contributed by atoms with E-state index in [1.54, 1.807) is 0 Å². The molecule has 0 heteroatoms. The first-order chi connectivity index (χ1) is 18.8. The molecule has 0 aliphatic carbocycles. The molecule has 0 nitrogen and oxygen atoms in total. The van der Waals surface area contributed by atoms with Crippen molar-refractivity contribution in [2.75, 3.05) is 0 Å². The number of benzene rings is 4. The molecule has 4 rings (SSSR count). The zero-order chi connectivity index (χ0) is 30.3. The highest BCUT2D eigenvalue weighted by molar-refractivity contribution is 5.40. The van der Waals surface area contributed by atoms with Crippen molar-refractivity contribution in [1.29, 1.82) is 0 Å². The Morgan fingerprint density at radius 1 is 0.325 bits per heavy atom. The first-order valence-corrected chi connectivity index (χ1v) is 15.1. The monoisotopic (exact) mass is 536 g/mol. The van der Waals surface area contributed by atoms with Gasteiger partial charge in [0.1, 0.15) is 0 Å². The lowest BCUT2D eigenvalue weighted by atomic mass is 9.78. The smallest absolute Gasteiger partial charge is 0.0146 e. The number of rotatable bonds is 4. The Morgan fingerprint density at radius 2 is 0.450 bits per heavy atom. The molecule has 0 saturated carbocycles. The van der Waals surface area contributed by atoms with Crippen LogP contribution in [-0.2, 0) is 10.8 Å². The molecule has 0 bridgehead atoms. The summed E-state index contributed by atoms with van der Waals surface area (Å²) in [5, 5.41) is 0. The molecule has 0 aromatic heterocycles. The van der Waals surface area contributed by atoms with Crippen molar-refractivity contribution in [2.45, 2.75) is 107 Å². The third-order valence-electron chi connectivity index (χ3n) is 7.09. The molecule has 0 unspecified atom stereocenters. The van der Waals surface area contributed by atoms with Crippen LogP contribution in [0, 0.1) is 27.7 Å². The molecule has 0 heterocycles. The van der Waals surface area contributed by atoms with Crippen LogP contribution in [0.2, 0.25) is 0 Å². The Balaban J connectivity index is 0.000000335. The Bertz CT molecular complexity index is 1010. The van der Waals surface area contributed by atoms with Gasteiger partial charge in [0.2, 0.25) is 0 Å². The Hall–Kier alpha value is -3.12. The molecule has 0 atom stereocenters. The van der Waals surface area contributed by atoms with Gasteiger partial charge >= 0.3 is 0 Å². The first-order valence-electron chi connectivity index (χ1n) is 15.1. The van der Waals surface area contributed by atoms with Gasteiger partial charge < -0.3 is 0 Å². The summed E-state index contributed by atoms with van der Waals surface area (Å²) in [6.07, 6.45) is 2.50. The van der Waals surface area contributed by atoms with Crippen LogP contribution >= 0.6 is 0 Å². The second-order valence-corrected chi connectivity index (χ2v) is 12.1. The minimum absolute atomic E-state index is 0.0708. The molecular formula is C40H56. The predicted octanol–water partition coefficient (Wildman–Crippen LogP) is 12.1. The van der Waals surface area contributed by atoms with Gasteiger partial charge in [-0.2, -0.15) is 0 Å². The normalized spacial score (nSPS) is 10.7. The average Bonchev–Trinajstić information content (AvgIpc) is 2.91. The summed E-state index contributed by atoms with van der Waals surface area (Å²) in [5.74, 6) is 0. The predicted molar refractivity (Wildman–Crippen MR) is 181 cm³/mol. The fraction of sp³-hybridized carbons (Fsp3) is 0.400. The van der Waals surface area contributed by atoms with Crippen LogP contribution in [0.4, 0.5) is 0 Å². The maximum atomic E-state index is 2.28. The first kappa shape index (κ1) is 34.9. The summed E-state index contributed by atoms with van der Waals surface area (Å²) in [5.41, 5.74) is 10.9. The molecule has 0 amide bonds. The van der Waals surface area contributed by atoms with E-state index in [4.69, 9.17) is 0 Å². The highest BCUT2D eigenvalue weighted by Crippen LogP contribution is 2.32. The van der Waals surface area contributed by atoms with Gasteiger partial charge in [-0.25, -0.2) is 0 Å². The van der Waals surface area contributed by atoms with Gasteiger partial charge in [0, 0.05) is 10.8 Å². The van der Waals surface area contributed by atoms with Gasteiger partial charge in [-0.1, -0.05) is 188 Å². The Morgan fingerprint density at radius 3 is 0.575 bits per heavy atom. The lowest BCUT2D eigenvalue weighted by molar-refractivity contribution is 0.640. The maximum Gasteiger partial charge on any atom is 0.0146 e. The molecule has 0 radical (unpaired) electrons. The summed E-state index contributed by atoms with van der Waals surface area (Å²) >= 11 is 0. The average molecular weight is 537 g/mol. The highest BCUT2D eigenvalue weighted by Gasteiger charge is 2.23. The van der Waals surface area contributed by atoms with Crippen LogP contribution in [0.1, 0.15) is 113 Å². The second kappa shape index (κ2) is 16.9. The summed E-state index contributed by atoms with van der Waals surface area (Å²) in [4.78, 5) is 0. The minimum Gasteiger partial charge on any atom is -0.0656 e. The standard InChI is InChI=1S/2C17H20.2C3H8/c2*1-13-5-9-15(10-6-13)17(3,4)16-11-7-14(2)8-12-16;2*1-3-2/h2*5-12H,1-4H3;2*3H2,1-2H3. The van der Waals surface area contributed by atoms with Gasteiger partial charge in [-0.15, -0.1) is 0 Å². The molecule has 0 N–H and O–H groups in total. The molecule has 40 heavy (non-hydrogen) atoms. The molecule has 0 fully saturated rings. The number of aryl methyl sites for hydroxylation is 4. The third kappa shape index (κ3) is 10.8. The largest absolute Gasteiger partial charge is 0.0656 e. The topological polar surface area (TPSA) is 0 Å². The van der Waals surface area contributed by atoms with Crippen LogP contribution in [0.25, 0.3) is 0 Å². The van der Waals surface area contributed by atoms with Crippen LogP contribution in [0.15, 0.2) is 97.1 Å². The van der Waals surface area contributed by atoms with Gasteiger partial charge in [0.05, 0.1) is 0 Å². The molecule has 0 aliphatic heterocycles. The highest BCUT2D eigenvalue weighted by atomic mass is 14.3. The number of hydrogen-bond donors (Lipinski definition) is 0. The zero-order valence-electron chi connectivity index (χ0n) is 27.7. The SMILES string of the molecule is CCC.CCC.Cc1ccc(C(C)(C)c2ccc(C)cc2)cc1.Cc1ccc(C(C)(C)c2ccc(C)cc2)cc1. The molecule has 0 aliphatic rings. The lowest BCUT2D eigenvalue weighted by Crippen LogP contribution is -2.18. The Kier molecular flexibility index (Phi) is 14.7. The van der Waals surface area contributed by atoms with Crippen molar-refractivity contribution >= 4 is 0 Å². The van der Waals surface area contributed by atoms with E-state index in [-0.39, 0.29) is 10.8 Å². The van der Waals surface area contributed by atoms with E-state index in [1.165, 1.54) is 57.3 Å². The van der Waals surface area contributed by atoms with E-state index >= 15 is 0 Å². The second-order valence-electron chi connectivity index (χ2n) is 12.1. The zero-order valence-corrected chi connectivity index (χ0v) is 27.7. The van der Waals surface area contributed by atoms with Crippen molar-refractivity contribution in [3.63, 3.8) is 0 Å². The van der Waals surface area contributed by atoms with E-state index in [0.29, 0.717) is 0 Å². The summed E-state index contributed by atoms with van der Waals surface area (Å²) in [7, 11) is 0. The number of hydrogen-bond acceptors (Lipinski definition) is 0. The van der Waals surface area contributed by atoms with E-state index in [9.17, 15) is 0 Å². The third-order valence-corrected chi connectivity index (χ3v) is 7.09. The summed E-state index contributed by atoms with van der Waals surface area (Å²) in [6, 6.07) is 35.3. The van der Waals surface area contributed by atoms with Crippen molar-refractivity contribution in [1.82, 2.24) is 0 Å². The van der Waals surface area contributed by atoms with Crippen LogP contribution in [0.3, 0.4) is 0 Å². The van der Waals surface area contributed by atoms with E-state index in [2.05, 4.69) is 180 Å². The molecule has 216 valence electrons. The summed E-state index contributed by atoms with van der Waals surface area (Å²) < 4.78 is 0. The molecule has 4 aromatic carbocycles. The fourth-order valence-corrected chi connectivity index (χ4v) is 4.21. The van der Waals surface area contributed by atoms with Crippen molar-refractivity contribution in [2.24, 2.45) is 0 Å². The van der Waals surface area contributed by atoms with E-state index in [1.807, 2.05) is 0 Å². The van der Waals surface area contributed by atoms with Gasteiger partial charge in [-0.3, -0.25) is 0 Å². The van der Waals surface area contributed by atoms with Crippen molar-refractivity contribution in [3.8, 4) is 0 Å². The summed E-state index contributed by atoms with van der Waals surface area (Å²) in [6.45, 7) is 26.1. The van der Waals surface area contributed by atoms with Crippen LogP contribution in [0.5, 0.6) is 0 Å². The van der Waals surface area contributed by atoms with Gasteiger partial charge in [0.15, 0.2) is 0 Å². The Labute approximate surface area is 247 Å². The lowest BCUT2D eigenvalue weighted by Gasteiger charge is -2.26. The van der Waals surface area contributed by atoms with E-state index in [0.717, 1.165) is 0 Å². The molecule has 4 aromatic rings. The fourth-order valence-electron chi connectivity index (χ4n) is 4.21. The van der Waals surface area contributed by atoms with Crippen molar-refractivity contribution < 1.29 is 0 Å².